The van der Waals surface area contributed by atoms with Crippen LogP contribution in [0.1, 0.15) is 27.6 Å². The highest BCUT2D eigenvalue weighted by Gasteiger charge is 2.36. The van der Waals surface area contributed by atoms with Gasteiger partial charge in [0.1, 0.15) is 12.3 Å². The van der Waals surface area contributed by atoms with Crippen LogP contribution in [-0.2, 0) is 14.3 Å². The maximum Gasteiger partial charge on any atom is 0.326 e. The predicted octanol–water partition coefficient (Wildman–Crippen LogP) is 2.04. The number of amides is 1. The molecule has 0 spiro atoms. The summed E-state index contributed by atoms with van der Waals surface area (Å²) in [5.41, 5.74) is 0.993. The van der Waals surface area contributed by atoms with Gasteiger partial charge >= 0.3 is 5.97 Å². The van der Waals surface area contributed by atoms with Crippen LogP contribution in [0.5, 0.6) is 5.75 Å². The number of rotatable bonds is 7. The topological polar surface area (TPSA) is 90.0 Å². The average molecular weight is 367 g/mol. The molecular formula is C20H17NO6. The Morgan fingerprint density at radius 1 is 1.00 bits per heavy atom. The minimum Gasteiger partial charge on any atom is -0.494 e. The monoisotopic (exact) mass is 367 g/mol. The number of benzene rings is 2. The summed E-state index contributed by atoms with van der Waals surface area (Å²) >= 11 is 0. The molecule has 138 valence electrons. The molecule has 0 aromatic heterocycles. The molecule has 7 nitrogen and oxygen atoms in total. The fraction of sp³-hybridized carbons (Fsp3) is 0.200. The molecule has 7 heteroatoms. The molecule has 0 fully saturated rings. The van der Waals surface area contributed by atoms with Gasteiger partial charge in [0.2, 0.25) is 0 Å². The van der Waals surface area contributed by atoms with Crippen LogP contribution in [0.25, 0.3) is 0 Å². The first-order valence-electron chi connectivity index (χ1n) is 8.38. The van der Waals surface area contributed by atoms with Crippen molar-refractivity contribution >= 4 is 29.1 Å². The molecule has 0 radical (unpaired) electrons. The second-order valence-corrected chi connectivity index (χ2v) is 5.78. The van der Waals surface area contributed by atoms with Crippen LogP contribution in [0, 0.1) is 0 Å². The molecule has 0 bridgehead atoms. The number of Topliss-reactive ketones (excluding diaryl/α,β-unsaturated/α-hetero) is 2. The number of ketones is 2. The number of carbonyl (C=O) groups excluding carboxylic acids is 4. The van der Waals surface area contributed by atoms with Crippen molar-refractivity contribution in [1.82, 2.24) is 0 Å². The minimum absolute atomic E-state index is 0.251. The van der Waals surface area contributed by atoms with Crippen LogP contribution in [0.15, 0.2) is 48.5 Å². The van der Waals surface area contributed by atoms with E-state index in [1.807, 2.05) is 6.92 Å². The molecule has 0 unspecified atom stereocenters. The Kier molecular flexibility index (Phi) is 5.30. The van der Waals surface area contributed by atoms with Crippen molar-refractivity contribution in [1.29, 1.82) is 0 Å². The molecule has 1 aliphatic heterocycles. The lowest BCUT2D eigenvalue weighted by atomic mass is 10.1. The summed E-state index contributed by atoms with van der Waals surface area (Å²) in [5, 5.41) is 0. The lowest BCUT2D eigenvalue weighted by molar-refractivity contribution is -0.141. The highest BCUT2D eigenvalue weighted by atomic mass is 16.5. The third-order valence-electron chi connectivity index (χ3n) is 4.02. The Balaban J connectivity index is 1.58. The molecule has 27 heavy (non-hydrogen) atoms. The van der Waals surface area contributed by atoms with E-state index in [-0.39, 0.29) is 11.3 Å². The standard InChI is InChI=1S/C20H17NO6/c1-2-26-14-9-7-13(8-10-14)17(22)12-27-18(23)11-21-16-6-4-3-5-15(16)19(24)20(21)25/h3-10H,2,11-12H2,1H3. The Morgan fingerprint density at radius 3 is 2.41 bits per heavy atom. The summed E-state index contributed by atoms with van der Waals surface area (Å²) in [6.45, 7) is 1.49. The van der Waals surface area contributed by atoms with Gasteiger partial charge in [-0.15, -0.1) is 0 Å². The first-order chi connectivity index (χ1) is 13.0. The number of ether oxygens (including phenoxy) is 2. The molecular weight excluding hydrogens is 350 g/mol. The normalized spacial score (nSPS) is 12.7. The fourth-order valence-electron chi connectivity index (χ4n) is 2.71. The minimum atomic E-state index is -0.786. The van der Waals surface area contributed by atoms with Gasteiger partial charge in [-0.2, -0.15) is 0 Å². The molecule has 2 aromatic rings. The van der Waals surface area contributed by atoms with E-state index in [0.29, 0.717) is 23.6 Å². The van der Waals surface area contributed by atoms with E-state index < -0.39 is 30.8 Å². The zero-order valence-electron chi connectivity index (χ0n) is 14.6. The summed E-state index contributed by atoms with van der Waals surface area (Å²) in [6, 6.07) is 12.9. The highest BCUT2D eigenvalue weighted by molar-refractivity contribution is 6.52. The number of anilines is 1. The lowest BCUT2D eigenvalue weighted by Crippen LogP contribution is -2.36. The smallest absolute Gasteiger partial charge is 0.326 e. The first kappa shape index (κ1) is 18.3. The van der Waals surface area contributed by atoms with E-state index in [4.69, 9.17) is 9.47 Å². The molecule has 0 atom stereocenters. The maximum absolute atomic E-state index is 12.1. The Hall–Kier alpha value is -3.48. The number of esters is 1. The molecule has 0 N–H and O–H groups in total. The predicted molar refractivity (Wildman–Crippen MR) is 96.0 cm³/mol. The van der Waals surface area contributed by atoms with Crippen LogP contribution in [0.3, 0.4) is 0 Å². The Morgan fingerprint density at radius 2 is 1.70 bits per heavy atom. The van der Waals surface area contributed by atoms with E-state index in [1.54, 1.807) is 42.5 Å². The molecule has 0 aliphatic carbocycles. The van der Waals surface area contributed by atoms with Crippen molar-refractivity contribution in [2.24, 2.45) is 0 Å². The van der Waals surface area contributed by atoms with E-state index in [0.717, 1.165) is 4.90 Å². The molecule has 0 saturated heterocycles. The van der Waals surface area contributed by atoms with Gasteiger partial charge in [-0.1, -0.05) is 12.1 Å². The zero-order valence-corrected chi connectivity index (χ0v) is 14.6. The highest BCUT2D eigenvalue weighted by Crippen LogP contribution is 2.28. The molecule has 0 saturated carbocycles. The Labute approximate surface area is 155 Å². The van der Waals surface area contributed by atoms with Crippen molar-refractivity contribution in [2.45, 2.75) is 6.92 Å². The van der Waals surface area contributed by atoms with Crippen molar-refractivity contribution in [2.75, 3.05) is 24.7 Å². The van der Waals surface area contributed by atoms with Gasteiger partial charge in [-0.05, 0) is 43.3 Å². The SMILES string of the molecule is CCOc1ccc(C(=O)COC(=O)CN2C(=O)C(=O)c3ccccc32)cc1. The summed E-state index contributed by atoms with van der Waals surface area (Å²) in [6.07, 6.45) is 0. The number of para-hydroxylation sites is 1. The van der Waals surface area contributed by atoms with Crippen molar-refractivity contribution in [3.63, 3.8) is 0 Å². The molecule has 1 heterocycles. The second kappa shape index (κ2) is 7.82. The van der Waals surface area contributed by atoms with Crippen molar-refractivity contribution < 1.29 is 28.7 Å². The first-order valence-corrected chi connectivity index (χ1v) is 8.38. The van der Waals surface area contributed by atoms with Gasteiger partial charge in [0.25, 0.3) is 11.7 Å². The van der Waals surface area contributed by atoms with E-state index in [1.165, 1.54) is 6.07 Å². The van der Waals surface area contributed by atoms with Crippen LogP contribution in [-0.4, -0.2) is 43.2 Å². The van der Waals surface area contributed by atoms with Crippen molar-refractivity contribution in [3.05, 3.63) is 59.7 Å². The van der Waals surface area contributed by atoms with Crippen LogP contribution >= 0.6 is 0 Å². The summed E-state index contributed by atoms with van der Waals surface area (Å²) in [4.78, 5) is 49.1. The molecule has 2 aromatic carbocycles. The summed E-state index contributed by atoms with van der Waals surface area (Å²) in [7, 11) is 0. The number of hydrogen-bond donors (Lipinski definition) is 0. The van der Waals surface area contributed by atoms with Gasteiger partial charge in [0.05, 0.1) is 17.9 Å². The van der Waals surface area contributed by atoms with E-state index in [9.17, 15) is 19.2 Å². The van der Waals surface area contributed by atoms with Crippen LogP contribution in [0.2, 0.25) is 0 Å². The molecule has 3 rings (SSSR count). The summed E-state index contributed by atoms with van der Waals surface area (Å²) in [5.74, 6) is -1.96. The van der Waals surface area contributed by atoms with Gasteiger partial charge in [-0.25, -0.2) is 0 Å². The van der Waals surface area contributed by atoms with Gasteiger partial charge in [0, 0.05) is 5.56 Å². The lowest BCUT2D eigenvalue weighted by Gasteiger charge is -2.15. The largest absolute Gasteiger partial charge is 0.494 e. The Bertz CT molecular complexity index is 903. The van der Waals surface area contributed by atoms with Crippen LogP contribution < -0.4 is 9.64 Å². The quantitative estimate of drug-likeness (QED) is 0.423. The number of carbonyl (C=O) groups is 4. The van der Waals surface area contributed by atoms with Crippen molar-refractivity contribution in [3.8, 4) is 5.75 Å². The third kappa shape index (κ3) is 3.87. The third-order valence-corrected chi connectivity index (χ3v) is 4.02. The van der Waals surface area contributed by atoms with Gasteiger partial charge in [0.15, 0.2) is 12.4 Å². The van der Waals surface area contributed by atoms with E-state index in [2.05, 4.69) is 0 Å². The molecule has 1 amide bonds. The number of hydrogen-bond acceptors (Lipinski definition) is 6. The second-order valence-electron chi connectivity index (χ2n) is 5.78. The fourth-order valence-corrected chi connectivity index (χ4v) is 2.71. The summed E-state index contributed by atoms with van der Waals surface area (Å²) < 4.78 is 10.3. The molecule has 1 aliphatic rings. The zero-order chi connectivity index (χ0) is 19.4. The van der Waals surface area contributed by atoms with Gasteiger partial charge in [-0.3, -0.25) is 24.1 Å². The number of nitrogens with zero attached hydrogens (tertiary/aromatic N) is 1. The number of fused-ring (bicyclic) bond motifs is 1. The van der Waals surface area contributed by atoms with Crippen LogP contribution in [0.4, 0.5) is 5.69 Å². The average Bonchev–Trinajstić information content (AvgIpc) is 2.92. The van der Waals surface area contributed by atoms with Gasteiger partial charge < -0.3 is 9.47 Å². The maximum atomic E-state index is 12.1. The van der Waals surface area contributed by atoms with E-state index >= 15 is 0 Å².